The fourth-order valence-corrected chi connectivity index (χ4v) is 4.75. The molecular weight excluding hydrogens is 270 g/mol. The highest BCUT2D eigenvalue weighted by molar-refractivity contribution is 5.17. The Labute approximate surface area is 135 Å². The Bertz CT molecular complexity index is 451. The Hall–Kier alpha value is -0.930. The van der Waals surface area contributed by atoms with Crippen LogP contribution in [-0.4, -0.2) is 36.1 Å². The van der Waals surface area contributed by atoms with Crippen molar-refractivity contribution in [3.05, 3.63) is 30.1 Å². The number of nitrogens with one attached hydrogen (secondary N) is 1. The van der Waals surface area contributed by atoms with E-state index in [1.807, 2.05) is 12.4 Å². The standard InChI is InChI=1S/C19H31N3/c1-14-9-15(2)11-18(10-14)21-13-17-6-8-22(3)19(17)16-5-4-7-20-12-16/h4-5,7,12,14-15,17-19,21H,6,8-11,13H2,1-3H3/t14-,15-,17+,19+/m1/s1. The molecule has 1 aromatic rings. The van der Waals surface area contributed by atoms with Gasteiger partial charge in [0.25, 0.3) is 0 Å². The average Bonchev–Trinajstić information content (AvgIpc) is 2.86. The Morgan fingerprint density at radius 3 is 2.68 bits per heavy atom. The molecule has 1 saturated heterocycles. The van der Waals surface area contributed by atoms with E-state index < -0.39 is 0 Å². The highest BCUT2D eigenvalue weighted by Crippen LogP contribution is 2.36. The summed E-state index contributed by atoms with van der Waals surface area (Å²) in [5.41, 5.74) is 1.37. The molecule has 1 aliphatic carbocycles. The zero-order valence-electron chi connectivity index (χ0n) is 14.3. The van der Waals surface area contributed by atoms with Crippen LogP contribution in [-0.2, 0) is 0 Å². The summed E-state index contributed by atoms with van der Waals surface area (Å²) in [6.07, 6.45) is 9.32. The molecule has 3 rings (SSSR count). The van der Waals surface area contributed by atoms with Crippen molar-refractivity contribution in [2.75, 3.05) is 20.1 Å². The van der Waals surface area contributed by atoms with Gasteiger partial charge >= 0.3 is 0 Å². The maximum atomic E-state index is 4.32. The second kappa shape index (κ2) is 7.10. The van der Waals surface area contributed by atoms with Gasteiger partial charge in [-0.15, -0.1) is 0 Å². The number of aromatic nitrogens is 1. The molecule has 0 unspecified atom stereocenters. The molecule has 1 N–H and O–H groups in total. The number of likely N-dealkylation sites (tertiary alicyclic amines) is 1. The van der Waals surface area contributed by atoms with Gasteiger partial charge < -0.3 is 5.32 Å². The van der Waals surface area contributed by atoms with Crippen LogP contribution in [0, 0.1) is 17.8 Å². The quantitative estimate of drug-likeness (QED) is 0.922. The first kappa shape index (κ1) is 15.9. The van der Waals surface area contributed by atoms with Gasteiger partial charge in [-0.25, -0.2) is 0 Å². The van der Waals surface area contributed by atoms with Crippen LogP contribution in [0.5, 0.6) is 0 Å². The lowest BCUT2D eigenvalue weighted by molar-refractivity contribution is 0.219. The van der Waals surface area contributed by atoms with Crippen molar-refractivity contribution in [1.29, 1.82) is 0 Å². The Morgan fingerprint density at radius 1 is 1.23 bits per heavy atom. The second-order valence-electron chi connectivity index (χ2n) is 7.78. The molecule has 0 radical (unpaired) electrons. The number of nitrogens with zero attached hydrogens (tertiary/aromatic N) is 2. The minimum atomic E-state index is 0.527. The molecule has 122 valence electrons. The Morgan fingerprint density at radius 2 is 2.00 bits per heavy atom. The van der Waals surface area contributed by atoms with Crippen LogP contribution < -0.4 is 5.32 Å². The van der Waals surface area contributed by atoms with Gasteiger partial charge in [0, 0.05) is 31.0 Å². The molecule has 0 bridgehead atoms. The average molecular weight is 301 g/mol. The first-order chi connectivity index (χ1) is 10.6. The highest BCUT2D eigenvalue weighted by Gasteiger charge is 2.33. The van der Waals surface area contributed by atoms with Crippen LogP contribution in [0.3, 0.4) is 0 Å². The maximum Gasteiger partial charge on any atom is 0.0401 e. The molecule has 1 saturated carbocycles. The van der Waals surface area contributed by atoms with Crippen molar-refractivity contribution in [2.45, 2.75) is 51.6 Å². The first-order valence-electron chi connectivity index (χ1n) is 8.97. The number of rotatable bonds is 4. The van der Waals surface area contributed by atoms with Crippen molar-refractivity contribution in [3.8, 4) is 0 Å². The molecule has 2 aliphatic rings. The molecule has 22 heavy (non-hydrogen) atoms. The summed E-state index contributed by atoms with van der Waals surface area (Å²) in [6, 6.07) is 5.55. The van der Waals surface area contributed by atoms with E-state index in [9.17, 15) is 0 Å². The van der Waals surface area contributed by atoms with Crippen molar-refractivity contribution in [1.82, 2.24) is 15.2 Å². The summed E-state index contributed by atoms with van der Waals surface area (Å²) >= 11 is 0. The summed E-state index contributed by atoms with van der Waals surface area (Å²) in [7, 11) is 2.25. The van der Waals surface area contributed by atoms with E-state index in [1.54, 1.807) is 0 Å². The summed E-state index contributed by atoms with van der Waals surface area (Å²) < 4.78 is 0. The predicted molar refractivity (Wildman–Crippen MR) is 91.7 cm³/mol. The van der Waals surface area contributed by atoms with Gasteiger partial charge in [-0.3, -0.25) is 9.88 Å². The highest BCUT2D eigenvalue weighted by atomic mass is 15.2. The van der Waals surface area contributed by atoms with Gasteiger partial charge in [-0.2, -0.15) is 0 Å². The maximum absolute atomic E-state index is 4.32. The zero-order valence-corrected chi connectivity index (χ0v) is 14.3. The van der Waals surface area contributed by atoms with Gasteiger partial charge in [0.05, 0.1) is 0 Å². The molecule has 1 aromatic heterocycles. The van der Waals surface area contributed by atoms with E-state index in [1.165, 1.54) is 37.8 Å². The van der Waals surface area contributed by atoms with Gasteiger partial charge in [0.1, 0.15) is 0 Å². The van der Waals surface area contributed by atoms with Gasteiger partial charge in [0.2, 0.25) is 0 Å². The Balaban J connectivity index is 1.59. The second-order valence-corrected chi connectivity index (χ2v) is 7.78. The minimum absolute atomic E-state index is 0.527. The van der Waals surface area contributed by atoms with E-state index in [0.717, 1.165) is 24.4 Å². The lowest BCUT2D eigenvalue weighted by atomic mass is 9.80. The fraction of sp³-hybridized carbons (Fsp3) is 0.737. The lowest BCUT2D eigenvalue weighted by Crippen LogP contribution is -2.39. The smallest absolute Gasteiger partial charge is 0.0401 e. The first-order valence-corrected chi connectivity index (χ1v) is 8.97. The largest absolute Gasteiger partial charge is 0.314 e. The van der Waals surface area contributed by atoms with Gasteiger partial charge in [-0.1, -0.05) is 19.9 Å². The van der Waals surface area contributed by atoms with Crippen LogP contribution in [0.25, 0.3) is 0 Å². The zero-order chi connectivity index (χ0) is 15.5. The molecule has 3 nitrogen and oxygen atoms in total. The van der Waals surface area contributed by atoms with Crippen molar-refractivity contribution in [3.63, 3.8) is 0 Å². The van der Waals surface area contributed by atoms with Crippen LogP contribution in [0.4, 0.5) is 0 Å². The van der Waals surface area contributed by atoms with E-state index in [2.05, 4.69) is 48.2 Å². The summed E-state index contributed by atoms with van der Waals surface area (Å²) in [6.45, 7) is 7.16. The molecule has 0 amide bonds. The van der Waals surface area contributed by atoms with E-state index in [0.29, 0.717) is 12.0 Å². The monoisotopic (exact) mass is 301 g/mol. The Kier molecular flexibility index (Phi) is 5.14. The molecule has 2 fully saturated rings. The molecule has 4 atom stereocenters. The van der Waals surface area contributed by atoms with Crippen LogP contribution in [0.2, 0.25) is 0 Å². The SMILES string of the molecule is C[C@H]1CC(NC[C@@H]2CCN(C)[C@H]2c2cccnc2)C[C@H](C)C1. The molecule has 2 heterocycles. The molecule has 0 spiro atoms. The molecule has 0 aromatic carbocycles. The molecular formula is C19H31N3. The van der Waals surface area contributed by atoms with Crippen molar-refractivity contribution >= 4 is 0 Å². The third kappa shape index (κ3) is 3.69. The normalized spacial score (nSPS) is 36.6. The fourth-order valence-electron chi connectivity index (χ4n) is 4.75. The summed E-state index contributed by atoms with van der Waals surface area (Å²) in [4.78, 5) is 6.82. The number of pyridine rings is 1. The van der Waals surface area contributed by atoms with Crippen LogP contribution >= 0.6 is 0 Å². The van der Waals surface area contributed by atoms with Crippen molar-refractivity contribution in [2.24, 2.45) is 17.8 Å². The lowest BCUT2D eigenvalue weighted by Gasteiger charge is -2.34. The van der Waals surface area contributed by atoms with Crippen molar-refractivity contribution < 1.29 is 0 Å². The third-order valence-corrected chi connectivity index (χ3v) is 5.65. The number of hydrogen-bond acceptors (Lipinski definition) is 3. The van der Waals surface area contributed by atoms with Crippen LogP contribution in [0.1, 0.15) is 51.1 Å². The van der Waals surface area contributed by atoms with E-state index in [-0.39, 0.29) is 0 Å². The van der Waals surface area contributed by atoms with E-state index in [4.69, 9.17) is 0 Å². The van der Waals surface area contributed by atoms with Crippen LogP contribution in [0.15, 0.2) is 24.5 Å². The molecule has 3 heteroatoms. The third-order valence-electron chi connectivity index (χ3n) is 5.65. The summed E-state index contributed by atoms with van der Waals surface area (Å²) in [5, 5.41) is 3.90. The topological polar surface area (TPSA) is 28.2 Å². The minimum Gasteiger partial charge on any atom is -0.314 e. The van der Waals surface area contributed by atoms with Gasteiger partial charge in [0.15, 0.2) is 0 Å². The molecule has 1 aliphatic heterocycles. The van der Waals surface area contributed by atoms with E-state index >= 15 is 0 Å². The predicted octanol–water partition coefficient (Wildman–Crippen LogP) is 3.49. The summed E-state index contributed by atoms with van der Waals surface area (Å²) in [5.74, 6) is 2.46. The van der Waals surface area contributed by atoms with Gasteiger partial charge in [-0.05, 0) is 68.7 Å². The number of hydrogen-bond donors (Lipinski definition) is 1.